The molecule has 26 heavy (non-hydrogen) atoms. The van der Waals surface area contributed by atoms with Crippen LogP contribution in [0.3, 0.4) is 0 Å². The molecule has 1 aromatic carbocycles. The van der Waals surface area contributed by atoms with Crippen LogP contribution in [0.4, 0.5) is 17.2 Å². The maximum absolute atomic E-state index is 12.4. The first-order valence-electron chi connectivity index (χ1n) is 7.94. The number of hydrogen-bond donors (Lipinski definition) is 2. The second-order valence-corrected chi connectivity index (χ2v) is 5.66. The Kier molecular flexibility index (Phi) is 3.98. The van der Waals surface area contributed by atoms with Crippen molar-refractivity contribution in [2.75, 3.05) is 10.6 Å². The number of fused-ring (bicyclic) bond motifs is 1. The lowest BCUT2D eigenvalue weighted by molar-refractivity contribution is 0.102. The van der Waals surface area contributed by atoms with Crippen LogP contribution in [0.1, 0.15) is 10.4 Å². The van der Waals surface area contributed by atoms with Gasteiger partial charge in [-0.3, -0.25) is 4.79 Å². The zero-order chi connectivity index (χ0) is 17.9. The highest BCUT2D eigenvalue weighted by Crippen LogP contribution is 2.17. The lowest BCUT2D eigenvalue weighted by Gasteiger charge is -2.08. The first kappa shape index (κ1) is 15.7. The molecular weight excluding hydrogens is 330 g/mol. The standard InChI is InChI=1S/C18H15N7O/c1-25-17-15(23-24-25)9-12(10-20-17)18(26)22-14-7-8-16(19-11-14)21-13-5-3-2-4-6-13/h2-11H,1H3,(H,19,21)(H,22,26). The first-order chi connectivity index (χ1) is 12.7. The molecule has 0 unspecified atom stereocenters. The SMILES string of the molecule is Cn1nnc2cc(C(=O)Nc3ccc(Nc4ccccc4)nc3)cnc21. The third-order valence-electron chi connectivity index (χ3n) is 3.77. The normalized spacial score (nSPS) is 10.7. The van der Waals surface area contributed by atoms with Gasteiger partial charge in [-0.25, -0.2) is 14.6 Å². The highest BCUT2D eigenvalue weighted by atomic mass is 16.1. The number of amides is 1. The molecule has 0 saturated heterocycles. The number of benzene rings is 1. The number of carbonyl (C=O) groups is 1. The Labute approximate surface area is 148 Å². The Bertz CT molecular complexity index is 1060. The van der Waals surface area contributed by atoms with Crippen molar-refractivity contribution in [3.63, 3.8) is 0 Å². The monoisotopic (exact) mass is 345 g/mol. The Morgan fingerprint density at radius 3 is 2.62 bits per heavy atom. The molecule has 3 aromatic heterocycles. The predicted molar refractivity (Wildman–Crippen MR) is 98.2 cm³/mol. The van der Waals surface area contributed by atoms with Crippen LogP contribution in [0.25, 0.3) is 11.2 Å². The van der Waals surface area contributed by atoms with Gasteiger partial charge in [0.1, 0.15) is 11.3 Å². The van der Waals surface area contributed by atoms with E-state index in [1.54, 1.807) is 36.1 Å². The number of anilines is 3. The minimum atomic E-state index is -0.282. The van der Waals surface area contributed by atoms with Crippen LogP contribution in [0.5, 0.6) is 0 Å². The topological polar surface area (TPSA) is 97.6 Å². The molecule has 3 heterocycles. The van der Waals surface area contributed by atoms with Gasteiger partial charge in [0.25, 0.3) is 5.91 Å². The molecule has 0 radical (unpaired) electrons. The second kappa shape index (κ2) is 6.60. The van der Waals surface area contributed by atoms with E-state index in [2.05, 4.69) is 30.9 Å². The van der Waals surface area contributed by atoms with E-state index in [0.29, 0.717) is 28.2 Å². The number of rotatable bonds is 4. The maximum Gasteiger partial charge on any atom is 0.257 e. The molecule has 0 atom stereocenters. The van der Waals surface area contributed by atoms with Gasteiger partial charge in [-0.2, -0.15) is 0 Å². The summed E-state index contributed by atoms with van der Waals surface area (Å²) in [5, 5.41) is 13.8. The summed E-state index contributed by atoms with van der Waals surface area (Å²) in [5.41, 5.74) is 3.14. The maximum atomic E-state index is 12.4. The van der Waals surface area contributed by atoms with Gasteiger partial charge < -0.3 is 10.6 Å². The number of para-hydroxylation sites is 1. The summed E-state index contributed by atoms with van der Waals surface area (Å²) in [6.45, 7) is 0. The molecule has 1 amide bonds. The Balaban J connectivity index is 1.46. The molecule has 0 aliphatic heterocycles. The van der Waals surface area contributed by atoms with Crippen molar-refractivity contribution in [3.05, 3.63) is 66.5 Å². The molecule has 0 aliphatic rings. The Hall–Kier alpha value is -3.81. The fraction of sp³-hybridized carbons (Fsp3) is 0.0556. The number of aryl methyl sites for hydroxylation is 1. The van der Waals surface area contributed by atoms with E-state index < -0.39 is 0 Å². The quantitative estimate of drug-likeness (QED) is 0.590. The number of nitrogens with zero attached hydrogens (tertiary/aromatic N) is 5. The van der Waals surface area contributed by atoms with Crippen LogP contribution in [-0.2, 0) is 7.05 Å². The molecule has 8 heteroatoms. The van der Waals surface area contributed by atoms with Crippen molar-refractivity contribution in [1.82, 2.24) is 25.0 Å². The van der Waals surface area contributed by atoms with Crippen LogP contribution in [0.15, 0.2) is 60.9 Å². The summed E-state index contributed by atoms with van der Waals surface area (Å²) in [4.78, 5) is 20.9. The van der Waals surface area contributed by atoms with E-state index in [0.717, 1.165) is 5.69 Å². The van der Waals surface area contributed by atoms with Gasteiger partial charge in [-0.05, 0) is 30.3 Å². The molecule has 4 aromatic rings. The van der Waals surface area contributed by atoms with E-state index in [9.17, 15) is 4.79 Å². The summed E-state index contributed by atoms with van der Waals surface area (Å²) in [7, 11) is 1.75. The molecule has 128 valence electrons. The van der Waals surface area contributed by atoms with Gasteiger partial charge >= 0.3 is 0 Å². The minimum Gasteiger partial charge on any atom is -0.340 e. The van der Waals surface area contributed by atoms with Crippen LogP contribution >= 0.6 is 0 Å². The number of pyridine rings is 2. The minimum absolute atomic E-state index is 0.282. The van der Waals surface area contributed by atoms with Crippen LogP contribution in [-0.4, -0.2) is 30.9 Å². The summed E-state index contributed by atoms with van der Waals surface area (Å²) < 4.78 is 1.55. The van der Waals surface area contributed by atoms with Crippen molar-refractivity contribution < 1.29 is 4.79 Å². The largest absolute Gasteiger partial charge is 0.340 e. The van der Waals surface area contributed by atoms with E-state index in [1.807, 2.05) is 30.3 Å². The van der Waals surface area contributed by atoms with Gasteiger partial charge in [0, 0.05) is 18.9 Å². The highest BCUT2D eigenvalue weighted by Gasteiger charge is 2.11. The van der Waals surface area contributed by atoms with Crippen LogP contribution in [0, 0.1) is 0 Å². The number of carbonyl (C=O) groups excluding carboxylic acids is 1. The van der Waals surface area contributed by atoms with Crippen molar-refractivity contribution >= 4 is 34.3 Å². The van der Waals surface area contributed by atoms with Gasteiger partial charge in [-0.1, -0.05) is 23.4 Å². The van der Waals surface area contributed by atoms with Crippen molar-refractivity contribution in [2.24, 2.45) is 7.05 Å². The fourth-order valence-electron chi connectivity index (χ4n) is 2.47. The van der Waals surface area contributed by atoms with E-state index in [1.165, 1.54) is 6.20 Å². The summed E-state index contributed by atoms with van der Waals surface area (Å²) in [5.74, 6) is 0.410. The van der Waals surface area contributed by atoms with Gasteiger partial charge in [0.2, 0.25) is 0 Å². The van der Waals surface area contributed by atoms with Gasteiger partial charge in [0.15, 0.2) is 5.65 Å². The van der Waals surface area contributed by atoms with Crippen molar-refractivity contribution in [1.29, 1.82) is 0 Å². The lowest BCUT2D eigenvalue weighted by Crippen LogP contribution is -2.12. The summed E-state index contributed by atoms with van der Waals surface area (Å²) in [6.07, 6.45) is 3.09. The third kappa shape index (κ3) is 3.20. The average Bonchev–Trinajstić information content (AvgIpc) is 3.04. The van der Waals surface area contributed by atoms with Gasteiger partial charge in [-0.15, -0.1) is 5.10 Å². The van der Waals surface area contributed by atoms with Gasteiger partial charge in [0.05, 0.1) is 17.4 Å². The predicted octanol–water partition coefficient (Wildman–Crippen LogP) is 2.75. The smallest absolute Gasteiger partial charge is 0.257 e. The molecule has 0 fully saturated rings. The first-order valence-corrected chi connectivity index (χ1v) is 7.94. The zero-order valence-corrected chi connectivity index (χ0v) is 13.9. The molecule has 0 aliphatic carbocycles. The molecule has 2 N–H and O–H groups in total. The van der Waals surface area contributed by atoms with Crippen LogP contribution < -0.4 is 10.6 Å². The fourth-order valence-corrected chi connectivity index (χ4v) is 2.47. The molecule has 0 bridgehead atoms. The van der Waals surface area contributed by atoms with Crippen molar-refractivity contribution in [2.45, 2.75) is 0 Å². The molecule has 4 rings (SSSR count). The number of aromatic nitrogens is 5. The molecule has 0 spiro atoms. The van der Waals surface area contributed by atoms with E-state index in [4.69, 9.17) is 0 Å². The zero-order valence-electron chi connectivity index (χ0n) is 13.9. The summed E-state index contributed by atoms with van der Waals surface area (Å²) >= 11 is 0. The lowest BCUT2D eigenvalue weighted by atomic mass is 10.2. The molecular formula is C18H15N7O. The van der Waals surface area contributed by atoms with E-state index in [-0.39, 0.29) is 5.91 Å². The van der Waals surface area contributed by atoms with E-state index >= 15 is 0 Å². The molecule has 8 nitrogen and oxygen atoms in total. The third-order valence-corrected chi connectivity index (χ3v) is 3.77. The molecule has 0 saturated carbocycles. The van der Waals surface area contributed by atoms with Crippen LogP contribution in [0.2, 0.25) is 0 Å². The Morgan fingerprint density at radius 1 is 1.00 bits per heavy atom. The average molecular weight is 345 g/mol. The number of nitrogens with one attached hydrogen (secondary N) is 2. The van der Waals surface area contributed by atoms with Crippen molar-refractivity contribution in [3.8, 4) is 0 Å². The highest BCUT2D eigenvalue weighted by molar-refractivity contribution is 6.05. The summed E-state index contributed by atoms with van der Waals surface area (Å²) in [6, 6.07) is 15.0. The Morgan fingerprint density at radius 2 is 1.85 bits per heavy atom. The number of hydrogen-bond acceptors (Lipinski definition) is 6. The second-order valence-electron chi connectivity index (χ2n) is 5.66.